The highest BCUT2D eigenvalue weighted by Crippen LogP contribution is 2.27. The van der Waals surface area contributed by atoms with Crippen LogP contribution in [0.2, 0.25) is 0 Å². The predicted octanol–water partition coefficient (Wildman–Crippen LogP) is 1.62. The van der Waals surface area contributed by atoms with E-state index in [1.807, 2.05) is 11.8 Å². The van der Waals surface area contributed by atoms with E-state index in [0.29, 0.717) is 11.1 Å². The summed E-state index contributed by atoms with van der Waals surface area (Å²) in [7, 11) is -3.48. The maximum atomic E-state index is 12.2. The average Bonchev–Trinajstić information content (AvgIpc) is 2.40. The fraction of sp³-hybridized carbons (Fsp3) is 0.583. The van der Waals surface area contributed by atoms with Gasteiger partial charge >= 0.3 is 0 Å². The van der Waals surface area contributed by atoms with Crippen LogP contribution in [0.15, 0.2) is 23.2 Å². The summed E-state index contributed by atoms with van der Waals surface area (Å²) < 4.78 is 27.1. The number of anilines is 1. The lowest BCUT2D eigenvalue weighted by Gasteiger charge is -2.27. The topological polar surface area (TPSA) is 85.1 Å². The zero-order valence-electron chi connectivity index (χ0n) is 10.9. The van der Waals surface area contributed by atoms with E-state index in [1.54, 1.807) is 0 Å². The number of nitrogens with zero attached hydrogens (tertiary/aromatic N) is 1. The van der Waals surface area contributed by atoms with E-state index >= 15 is 0 Å². The quantitative estimate of drug-likeness (QED) is 0.882. The van der Waals surface area contributed by atoms with Crippen molar-refractivity contribution in [2.24, 2.45) is 0 Å². The van der Waals surface area contributed by atoms with Crippen LogP contribution in [0.3, 0.4) is 0 Å². The molecule has 0 unspecified atom stereocenters. The molecule has 0 aliphatic heterocycles. The second-order valence-electron chi connectivity index (χ2n) is 4.75. The van der Waals surface area contributed by atoms with E-state index in [9.17, 15) is 8.42 Å². The summed E-state index contributed by atoms with van der Waals surface area (Å²) in [5, 5.41) is 0.666. The molecule has 1 heterocycles. The molecule has 2 rings (SSSR count). The number of hydrogen-bond acceptors (Lipinski definition) is 5. The normalized spacial score (nSPS) is 24.3. The molecule has 1 aliphatic rings. The van der Waals surface area contributed by atoms with E-state index in [4.69, 9.17) is 5.73 Å². The third kappa shape index (κ3) is 3.84. The zero-order valence-corrected chi connectivity index (χ0v) is 12.5. The lowest BCUT2D eigenvalue weighted by atomic mass is 9.96. The van der Waals surface area contributed by atoms with Gasteiger partial charge in [-0.3, -0.25) is 0 Å². The summed E-state index contributed by atoms with van der Waals surface area (Å²) >= 11 is 1.86. The van der Waals surface area contributed by atoms with Gasteiger partial charge in [0, 0.05) is 17.5 Å². The minimum atomic E-state index is -3.48. The second-order valence-corrected chi connectivity index (χ2v) is 7.60. The summed E-state index contributed by atoms with van der Waals surface area (Å²) in [6, 6.07) is 3.02. The van der Waals surface area contributed by atoms with Crippen molar-refractivity contribution in [1.82, 2.24) is 9.71 Å². The standard InChI is InChI=1S/C12H19N3O2S2/c1-18-10-4-2-9(3-5-10)15-19(16,17)11-6-7-12(13)14-8-11/h6-10,15H,2-5H2,1H3,(H2,13,14). The molecule has 1 saturated carbocycles. The van der Waals surface area contributed by atoms with Gasteiger partial charge in [0.05, 0.1) is 0 Å². The van der Waals surface area contributed by atoms with Gasteiger partial charge in [-0.25, -0.2) is 18.1 Å². The zero-order chi connectivity index (χ0) is 13.9. The van der Waals surface area contributed by atoms with Gasteiger partial charge in [-0.05, 0) is 44.1 Å². The van der Waals surface area contributed by atoms with Crippen LogP contribution >= 0.6 is 11.8 Å². The smallest absolute Gasteiger partial charge is 0.242 e. The van der Waals surface area contributed by atoms with Crippen molar-refractivity contribution < 1.29 is 8.42 Å². The van der Waals surface area contributed by atoms with E-state index in [1.165, 1.54) is 18.3 Å². The van der Waals surface area contributed by atoms with Gasteiger partial charge in [-0.1, -0.05) is 0 Å². The molecular formula is C12H19N3O2S2. The molecule has 0 radical (unpaired) electrons. The molecule has 0 saturated heterocycles. The molecule has 0 atom stereocenters. The van der Waals surface area contributed by atoms with Crippen molar-refractivity contribution in [3.63, 3.8) is 0 Å². The monoisotopic (exact) mass is 301 g/mol. The summed E-state index contributed by atoms with van der Waals surface area (Å²) in [4.78, 5) is 3.99. The Morgan fingerprint density at radius 2 is 2.00 bits per heavy atom. The number of aromatic nitrogens is 1. The molecule has 106 valence electrons. The first-order chi connectivity index (χ1) is 9.01. The van der Waals surface area contributed by atoms with Gasteiger partial charge in [0.1, 0.15) is 10.7 Å². The maximum Gasteiger partial charge on any atom is 0.242 e. The van der Waals surface area contributed by atoms with Crippen LogP contribution in [0.25, 0.3) is 0 Å². The Balaban J connectivity index is 2.00. The van der Waals surface area contributed by atoms with E-state index < -0.39 is 10.0 Å². The van der Waals surface area contributed by atoms with Crippen LogP contribution in [-0.4, -0.2) is 30.9 Å². The Labute approximate surface area is 118 Å². The average molecular weight is 301 g/mol. The highest BCUT2D eigenvalue weighted by atomic mass is 32.2. The minimum Gasteiger partial charge on any atom is -0.384 e. The van der Waals surface area contributed by atoms with E-state index in [0.717, 1.165) is 25.7 Å². The summed E-state index contributed by atoms with van der Waals surface area (Å²) in [6.07, 6.45) is 7.32. The predicted molar refractivity (Wildman–Crippen MR) is 78.5 cm³/mol. The summed E-state index contributed by atoms with van der Waals surface area (Å²) in [5.74, 6) is 0.319. The largest absolute Gasteiger partial charge is 0.384 e. The number of hydrogen-bond donors (Lipinski definition) is 2. The first-order valence-electron chi connectivity index (χ1n) is 6.28. The number of pyridine rings is 1. The molecular weight excluding hydrogens is 282 g/mol. The Bertz CT molecular complexity index is 508. The number of nitrogen functional groups attached to an aromatic ring is 1. The van der Waals surface area contributed by atoms with Crippen molar-refractivity contribution in [3.8, 4) is 0 Å². The molecule has 19 heavy (non-hydrogen) atoms. The Hall–Kier alpha value is -0.790. The minimum absolute atomic E-state index is 0.0333. The van der Waals surface area contributed by atoms with E-state index in [2.05, 4.69) is 16.0 Å². The summed E-state index contributed by atoms with van der Waals surface area (Å²) in [5.41, 5.74) is 5.46. The molecule has 7 heteroatoms. The Morgan fingerprint density at radius 3 is 2.53 bits per heavy atom. The molecule has 0 amide bonds. The van der Waals surface area contributed by atoms with Crippen LogP contribution in [0.4, 0.5) is 5.82 Å². The molecule has 5 nitrogen and oxygen atoms in total. The van der Waals surface area contributed by atoms with Crippen LogP contribution in [0.5, 0.6) is 0 Å². The molecule has 0 spiro atoms. The number of thioether (sulfide) groups is 1. The van der Waals surface area contributed by atoms with Crippen LogP contribution in [-0.2, 0) is 10.0 Å². The van der Waals surface area contributed by atoms with Crippen molar-refractivity contribution >= 4 is 27.6 Å². The lowest BCUT2D eigenvalue weighted by Crippen LogP contribution is -2.38. The van der Waals surface area contributed by atoms with Crippen LogP contribution < -0.4 is 10.5 Å². The van der Waals surface area contributed by atoms with Gasteiger partial charge < -0.3 is 5.73 Å². The van der Waals surface area contributed by atoms with E-state index in [-0.39, 0.29) is 10.9 Å². The highest BCUT2D eigenvalue weighted by Gasteiger charge is 2.25. The van der Waals surface area contributed by atoms with Crippen molar-refractivity contribution in [2.45, 2.75) is 41.9 Å². The van der Waals surface area contributed by atoms with Crippen LogP contribution in [0, 0.1) is 0 Å². The molecule has 3 N–H and O–H groups in total. The van der Waals surface area contributed by atoms with Gasteiger partial charge in [0.25, 0.3) is 0 Å². The van der Waals surface area contributed by atoms with Crippen molar-refractivity contribution in [3.05, 3.63) is 18.3 Å². The third-order valence-electron chi connectivity index (χ3n) is 3.40. The number of sulfonamides is 1. The number of rotatable bonds is 4. The fourth-order valence-electron chi connectivity index (χ4n) is 2.25. The molecule has 0 aromatic carbocycles. The maximum absolute atomic E-state index is 12.2. The SMILES string of the molecule is CSC1CCC(NS(=O)(=O)c2ccc(N)nc2)CC1. The van der Waals surface area contributed by atoms with Crippen molar-refractivity contribution in [1.29, 1.82) is 0 Å². The summed E-state index contributed by atoms with van der Waals surface area (Å²) in [6.45, 7) is 0. The second kappa shape index (κ2) is 6.11. The van der Waals surface area contributed by atoms with Gasteiger partial charge in [-0.15, -0.1) is 0 Å². The van der Waals surface area contributed by atoms with Crippen LogP contribution in [0.1, 0.15) is 25.7 Å². The lowest BCUT2D eigenvalue weighted by molar-refractivity contribution is 0.420. The van der Waals surface area contributed by atoms with Crippen molar-refractivity contribution in [2.75, 3.05) is 12.0 Å². The third-order valence-corrected chi connectivity index (χ3v) is 6.04. The number of nitrogens with two attached hydrogens (primary N) is 1. The Morgan fingerprint density at radius 1 is 1.32 bits per heavy atom. The molecule has 1 aromatic rings. The fourth-order valence-corrected chi connectivity index (χ4v) is 4.25. The highest BCUT2D eigenvalue weighted by molar-refractivity contribution is 7.99. The number of nitrogens with one attached hydrogen (secondary N) is 1. The van der Waals surface area contributed by atoms with Gasteiger partial charge in [-0.2, -0.15) is 11.8 Å². The molecule has 1 fully saturated rings. The van der Waals surface area contributed by atoms with Gasteiger partial charge in [0.2, 0.25) is 10.0 Å². The van der Waals surface area contributed by atoms with Gasteiger partial charge in [0.15, 0.2) is 0 Å². The molecule has 1 aliphatic carbocycles. The Kier molecular flexibility index (Phi) is 4.70. The first kappa shape index (κ1) is 14.6. The molecule has 1 aromatic heterocycles. The molecule has 0 bridgehead atoms. The first-order valence-corrected chi connectivity index (χ1v) is 9.05.